The normalized spacial score (nSPS) is 10.5. The number of carbonyl (C=O) groups is 1. The number of nitrogens with one attached hydrogen (secondary N) is 1. The lowest BCUT2D eigenvalue weighted by Crippen LogP contribution is -2.37. The van der Waals surface area contributed by atoms with Gasteiger partial charge >= 0.3 is 0 Å². The number of hydrogen-bond acceptors (Lipinski definition) is 2. The molecule has 3 nitrogen and oxygen atoms in total. The molecular weight excluding hydrogens is 272 g/mol. The average molecular weight is 294 g/mol. The summed E-state index contributed by atoms with van der Waals surface area (Å²) in [5.41, 5.74) is 2.98. The van der Waals surface area contributed by atoms with Gasteiger partial charge in [-0.1, -0.05) is 67.2 Å². The Labute approximate surface area is 132 Å². The highest BCUT2D eigenvalue weighted by Crippen LogP contribution is 2.09. The van der Waals surface area contributed by atoms with Crippen molar-refractivity contribution in [1.82, 2.24) is 10.2 Å². The number of hydrogen-bond donors (Lipinski definition) is 1. The van der Waals surface area contributed by atoms with Crippen molar-refractivity contribution in [2.45, 2.75) is 20.0 Å². The van der Waals surface area contributed by atoms with Gasteiger partial charge in [0.15, 0.2) is 0 Å². The summed E-state index contributed by atoms with van der Waals surface area (Å²) < 4.78 is 0. The van der Waals surface area contributed by atoms with Crippen LogP contribution in [0.15, 0.2) is 72.8 Å². The Morgan fingerprint density at radius 3 is 1.82 bits per heavy atom. The first kappa shape index (κ1) is 16.0. The number of nitrogens with zero attached hydrogens (tertiary/aromatic N) is 1. The minimum atomic E-state index is -0.105. The number of benzene rings is 2. The second-order valence-corrected chi connectivity index (χ2v) is 5.40. The van der Waals surface area contributed by atoms with Gasteiger partial charge in [0, 0.05) is 18.7 Å². The van der Waals surface area contributed by atoms with E-state index in [0.717, 1.165) is 13.1 Å². The Bertz CT molecular complexity index is 566. The van der Waals surface area contributed by atoms with Gasteiger partial charge in [0.2, 0.25) is 5.91 Å². The summed E-state index contributed by atoms with van der Waals surface area (Å²) in [6.45, 7) is 7.45. The predicted molar refractivity (Wildman–Crippen MR) is 90.0 cm³/mol. The molecular formula is C19H22N2O. The van der Waals surface area contributed by atoms with Crippen molar-refractivity contribution in [1.29, 1.82) is 0 Å². The van der Waals surface area contributed by atoms with E-state index in [9.17, 15) is 4.79 Å². The summed E-state index contributed by atoms with van der Waals surface area (Å²) in [5.74, 6) is -0.105. The van der Waals surface area contributed by atoms with Crippen LogP contribution in [0.4, 0.5) is 0 Å². The van der Waals surface area contributed by atoms with Gasteiger partial charge in [0.25, 0.3) is 0 Å². The zero-order valence-corrected chi connectivity index (χ0v) is 13.0. The van der Waals surface area contributed by atoms with E-state index in [0.29, 0.717) is 12.2 Å². The van der Waals surface area contributed by atoms with Gasteiger partial charge in [-0.2, -0.15) is 0 Å². The third-order valence-corrected chi connectivity index (χ3v) is 3.35. The van der Waals surface area contributed by atoms with E-state index in [4.69, 9.17) is 0 Å². The smallest absolute Gasteiger partial charge is 0.247 e. The minimum Gasteiger partial charge on any atom is -0.340 e. The summed E-state index contributed by atoms with van der Waals surface area (Å²) in [5, 5.41) is 2.91. The SMILES string of the molecule is C=C(C)C(=O)NCN(Cc1ccccc1)Cc1ccccc1. The Morgan fingerprint density at radius 1 is 0.955 bits per heavy atom. The monoisotopic (exact) mass is 294 g/mol. The van der Waals surface area contributed by atoms with Crippen LogP contribution in [0, 0.1) is 0 Å². The lowest BCUT2D eigenvalue weighted by Gasteiger charge is -2.23. The Kier molecular flexibility index (Phi) is 5.92. The molecule has 1 N–H and O–H groups in total. The molecule has 0 unspecified atom stereocenters. The zero-order chi connectivity index (χ0) is 15.8. The maximum atomic E-state index is 11.7. The summed E-state index contributed by atoms with van der Waals surface area (Å²) in [6.07, 6.45) is 0. The van der Waals surface area contributed by atoms with E-state index in [1.165, 1.54) is 11.1 Å². The first-order valence-corrected chi connectivity index (χ1v) is 7.39. The van der Waals surface area contributed by atoms with Crippen molar-refractivity contribution < 1.29 is 4.79 Å². The third kappa shape index (κ3) is 5.19. The lowest BCUT2D eigenvalue weighted by molar-refractivity contribution is -0.118. The van der Waals surface area contributed by atoms with Crippen LogP contribution < -0.4 is 5.32 Å². The predicted octanol–water partition coefficient (Wildman–Crippen LogP) is 3.34. The van der Waals surface area contributed by atoms with Crippen LogP contribution in [0.5, 0.6) is 0 Å². The van der Waals surface area contributed by atoms with E-state index >= 15 is 0 Å². The van der Waals surface area contributed by atoms with Gasteiger partial charge in [-0.05, 0) is 18.1 Å². The van der Waals surface area contributed by atoms with Gasteiger partial charge in [-0.15, -0.1) is 0 Å². The van der Waals surface area contributed by atoms with Crippen molar-refractivity contribution >= 4 is 5.91 Å². The molecule has 3 heteroatoms. The molecule has 0 bridgehead atoms. The Balaban J connectivity index is 2.03. The maximum absolute atomic E-state index is 11.7. The van der Waals surface area contributed by atoms with E-state index in [2.05, 4.69) is 41.1 Å². The Morgan fingerprint density at radius 2 is 1.41 bits per heavy atom. The standard InChI is InChI=1S/C19H22N2O/c1-16(2)19(22)20-15-21(13-17-9-5-3-6-10-17)14-18-11-7-4-8-12-18/h3-12H,1,13-15H2,2H3,(H,20,22). The van der Waals surface area contributed by atoms with E-state index in [1.54, 1.807) is 6.92 Å². The molecule has 2 rings (SSSR count). The molecule has 2 aromatic carbocycles. The van der Waals surface area contributed by atoms with E-state index < -0.39 is 0 Å². The van der Waals surface area contributed by atoms with Crippen molar-refractivity contribution in [3.63, 3.8) is 0 Å². The molecule has 0 aliphatic carbocycles. The molecule has 0 aliphatic rings. The molecule has 0 aromatic heterocycles. The number of carbonyl (C=O) groups excluding carboxylic acids is 1. The van der Waals surface area contributed by atoms with Crippen LogP contribution in [0.2, 0.25) is 0 Å². The summed E-state index contributed by atoms with van der Waals surface area (Å²) in [7, 11) is 0. The quantitative estimate of drug-likeness (QED) is 0.627. The van der Waals surface area contributed by atoms with Crippen LogP contribution in [-0.2, 0) is 17.9 Å². The van der Waals surface area contributed by atoms with Crippen LogP contribution in [0.3, 0.4) is 0 Å². The molecule has 1 amide bonds. The molecule has 0 saturated carbocycles. The van der Waals surface area contributed by atoms with Gasteiger partial charge < -0.3 is 5.32 Å². The van der Waals surface area contributed by atoms with Crippen LogP contribution in [0.1, 0.15) is 18.1 Å². The highest BCUT2D eigenvalue weighted by molar-refractivity contribution is 5.91. The van der Waals surface area contributed by atoms with Gasteiger partial charge in [-0.3, -0.25) is 9.69 Å². The first-order valence-electron chi connectivity index (χ1n) is 7.39. The molecule has 2 aromatic rings. The maximum Gasteiger partial charge on any atom is 0.247 e. The Hall–Kier alpha value is -2.39. The van der Waals surface area contributed by atoms with Crippen molar-refractivity contribution in [2.75, 3.05) is 6.67 Å². The topological polar surface area (TPSA) is 32.3 Å². The van der Waals surface area contributed by atoms with Crippen molar-refractivity contribution in [3.05, 3.63) is 83.9 Å². The fourth-order valence-electron chi connectivity index (χ4n) is 2.19. The van der Waals surface area contributed by atoms with Crippen LogP contribution >= 0.6 is 0 Å². The van der Waals surface area contributed by atoms with Crippen molar-refractivity contribution in [2.24, 2.45) is 0 Å². The van der Waals surface area contributed by atoms with E-state index in [-0.39, 0.29) is 5.91 Å². The minimum absolute atomic E-state index is 0.105. The largest absolute Gasteiger partial charge is 0.340 e. The first-order chi connectivity index (χ1) is 10.6. The second kappa shape index (κ2) is 8.15. The molecule has 0 heterocycles. The molecule has 0 radical (unpaired) electrons. The number of rotatable bonds is 7. The number of amides is 1. The summed E-state index contributed by atoms with van der Waals surface area (Å²) >= 11 is 0. The molecule has 0 spiro atoms. The third-order valence-electron chi connectivity index (χ3n) is 3.35. The summed E-state index contributed by atoms with van der Waals surface area (Å²) in [6, 6.07) is 20.5. The van der Waals surface area contributed by atoms with Crippen LogP contribution in [-0.4, -0.2) is 17.5 Å². The van der Waals surface area contributed by atoms with Gasteiger partial charge in [-0.25, -0.2) is 0 Å². The highest BCUT2D eigenvalue weighted by Gasteiger charge is 2.09. The average Bonchev–Trinajstić information content (AvgIpc) is 2.54. The van der Waals surface area contributed by atoms with Crippen LogP contribution in [0.25, 0.3) is 0 Å². The van der Waals surface area contributed by atoms with E-state index in [1.807, 2.05) is 36.4 Å². The van der Waals surface area contributed by atoms with Crippen molar-refractivity contribution in [3.8, 4) is 0 Å². The fraction of sp³-hybridized carbons (Fsp3) is 0.211. The summed E-state index contributed by atoms with van der Waals surface area (Å²) in [4.78, 5) is 13.9. The second-order valence-electron chi connectivity index (χ2n) is 5.40. The highest BCUT2D eigenvalue weighted by atomic mass is 16.1. The molecule has 22 heavy (non-hydrogen) atoms. The van der Waals surface area contributed by atoms with Gasteiger partial charge in [0.1, 0.15) is 0 Å². The fourth-order valence-corrected chi connectivity index (χ4v) is 2.19. The molecule has 0 atom stereocenters. The molecule has 0 fully saturated rings. The zero-order valence-electron chi connectivity index (χ0n) is 13.0. The molecule has 114 valence electrons. The lowest BCUT2D eigenvalue weighted by atomic mass is 10.2. The van der Waals surface area contributed by atoms with Gasteiger partial charge in [0.05, 0.1) is 6.67 Å². The molecule has 0 aliphatic heterocycles. The molecule has 0 saturated heterocycles.